The number of aliphatic imine (C=N–C) groups is 1. The van der Waals surface area contributed by atoms with Gasteiger partial charge in [-0.05, 0) is 53.6 Å². The normalized spacial score (nSPS) is 19.3. The second-order valence-corrected chi connectivity index (χ2v) is 11.8. The van der Waals surface area contributed by atoms with E-state index < -0.39 is 65.7 Å². The van der Waals surface area contributed by atoms with E-state index in [1.54, 1.807) is 12.1 Å². The SMILES string of the molecule is N/C=N\c1nc(N)c(-c2ccc3c(c2)C(=O)NC3)c(C(Cc2cc(F)cc(F)c2)NC(=O)Cn2nc(C(F)F)c3c2C(F)(F)C2CC32)n1. The Morgan fingerprint density at radius 3 is 2.60 bits per heavy atom. The summed E-state index contributed by atoms with van der Waals surface area (Å²) in [7, 11) is 0. The zero-order valence-electron chi connectivity index (χ0n) is 24.7. The van der Waals surface area contributed by atoms with Gasteiger partial charge in [-0.15, -0.1) is 0 Å². The lowest BCUT2D eigenvalue weighted by Gasteiger charge is -2.23. The molecule has 1 fully saturated rings. The molecule has 248 valence electrons. The summed E-state index contributed by atoms with van der Waals surface area (Å²) in [5, 5.41) is 9.03. The number of fused-ring (bicyclic) bond motifs is 4. The second kappa shape index (κ2) is 11.3. The van der Waals surface area contributed by atoms with Gasteiger partial charge in [-0.25, -0.2) is 27.5 Å². The van der Waals surface area contributed by atoms with Gasteiger partial charge in [-0.2, -0.15) is 18.9 Å². The Morgan fingerprint density at radius 1 is 1.15 bits per heavy atom. The van der Waals surface area contributed by atoms with E-state index in [2.05, 4.69) is 30.7 Å². The lowest BCUT2D eigenvalue weighted by atomic mass is 9.94. The standard InChI is InChI=1S/C31H25F6N9O2/c32-15-3-12(4-16(33)7-15)5-20(42-21(47)10-46-26-23(25(45-46)27(34)35)18-8-19(18)31(26,36)37)24-22(28(39)44-30(43-24)41-11-38)13-1-2-14-9-40-29(48)17(14)6-13/h1-4,6-7,11,18-20,27H,5,8-10H2,(H,40,48)(H,42,47)(H4,38,39,41,43,44). The number of hydrogen-bond donors (Lipinski definition) is 4. The van der Waals surface area contributed by atoms with Crippen molar-refractivity contribution >= 4 is 29.9 Å². The highest BCUT2D eigenvalue weighted by Gasteiger charge is 2.67. The molecule has 0 bridgehead atoms. The number of halogens is 6. The molecule has 7 rings (SSSR count). The molecule has 3 unspecified atom stereocenters. The molecular formula is C31H25F6N9O2. The minimum Gasteiger partial charge on any atom is -0.390 e. The maximum absolute atomic E-state index is 15.2. The number of hydrogen-bond acceptors (Lipinski definition) is 7. The smallest absolute Gasteiger partial charge is 0.293 e. The van der Waals surface area contributed by atoms with Gasteiger partial charge in [0.15, 0.2) is 0 Å². The molecule has 2 aromatic heterocycles. The average Bonchev–Trinajstić information content (AvgIpc) is 3.52. The predicted molar refractivity (Wildman–Crippen MR) is 158 cm³/mol. The first-order chi connectivity index (χ1) is 22.8. The summed E-state index contributed by atoms with van der Waals surface area (Å²) in [5.41, 5.74) is 11.6. The molecule has 0 radical (unpaired) electrons. The van der Waals surface area contributed by atoms with E-state index in [1.165, 1.54) is 6.07 Å². The summed E-state index contributed by atoms with van der Waals surface area (Å²) in [6, 6.07) is 6.25. The van der Waals surface area contributed by atoms with Crippen LogP contribution in [0, 0.1) is 17.6 Å². The summed E-state index contributed by atoms with van der Waals surface area (Å²) < 4.78 is 87.2. The number of nitrogen functional groups attached to an aromatic ring is 1. The predicted octanol–water partition coefficient (Wildman–Crippen LogP) is 4.31. The molecule has 1 saturated carbocycles. The molecule has 0 saturated heterocycles. The minimum atomic E-state index is -3.47. The summed E-state index contributed by atoms with van der Waals surface area (Å²) in [5.74, 6) is -8.92. The molecule has 17 heteroatoms. The van der Waals surface area contributed by atoms with Crippen LogP contribution in [0.2, 0.25) is 0 Å². The van der Waals surface area contributed by atoms with Crippen molar-refractivity contribution in [3.63, 3.8) is 0 Å². The summed E-state index contributed by atoms with van der Waals surface area (Å²) in [6.07, 6.45) is -2.53. The van der Waals surface area contributed by atoms with Crippen LogP contribution in [0.5, 0.6) is 0 Å². The highest BCUT2D eigenvalue weighted by molar-refractivity contribution is 6.00. The van der Waals surface area contributed by atoms with Crippen molar-refractivity contribution < 1.29 is 35.9 Å². The van der Waals surface area contributed by atoms with Crippen LogP contribution in [-0.2, 0) is 30.2 Å². The van der Waals surface area contributed by atoms with E-state index in [9.17, 15) is 27.2 Å². The number of carbonyl (C=O) groups is 2. The molecule has 3 aliphatic rings. The zero-order valence-corrected chi connectivity index (χ0v) is 24.7. The van der Waals surface area contributed by atoms with Crippen LogP contribution in [-0.4, -0.2) is 37.9 Å². The van der Waals surface area contributed by atoms with E-state index in [0.717, 1.165) is 18.5 Å². The highest BCUT2D eigenvalue weighted by Crippen LogP contribution is 2.68. The number of amides is 2. The molecular weight excluding hydrogens is 644 g/mol. The molecule has 3 atom stereocenters. The number of nitrogens with two attached hydrogens (primary N) is 2. The Bertz CT molecular complexity index is 2010. The van der Waals surface area contributed by atoms with Gasteiger partial charge in [-0.1, -0.05) is 12.1 Å². The monoisotopic (exact) mass is 669 g/mol. The maximum Gasteiger partial charge on any atom is 0.293 e. The Hall–Kier alpha value is -5.48. The molecule has 6 N–H and O–H groups in total. The Morgan fingerprint density at radius 2 is 1.90 bits per heavy atom. The number of carbonyl (C=O) groups excluding carboxylic acids is 2. The van der Waals surface area contributed by atoms with Crippen molar-refractivity contribution in [3.05, 3.63) is 87.4 Å². The molecule has 11 nitrogen and oxygen atoms in total. The fourth-order valence-electron chi connectivity index (χ4n) is 6.66. The van der Waals surface area contributed by atoms with Crippen LogP contribution in [0.1, 0.15) is 68.9 Å². The van der Waals surface area contributed by atoms with Crippen molar-refractivity contribution in [3.8, 4) is 11.1 Å². The summed E-state index contributed by atoms with van der Waals surface area (Å²) in [4.78, 5) is 38.5. The average molecular weight is 670 g/mol. The molecule has 2 aromatic carbocycles. The number of aromatic nitrogens is 4. The van der Waals surface area contributed by atoms with E-state index in [4.69, 9.17) is 11.5 Å². The van der Waals surface area contributed by atoms with Gasteiger partial charge >= 0.3 is 0 Å². The van der Waals surface area contributed by atoms with Crippen LogP contribution >= 0.6 is 0 Å². The molecule has 0 spiro atoms. The second-order valence-electron chi connectivity index (χ2n) is 11.8. The molecule has 2 aliphatic carbocycles. The fraction of sp³-hybridized carbons (Fsp3) is 0.290. The van der Waals surface area contributed by atoms with Crippen molar-refractivity contribution in [2.75, 3.05) is 5.73 Å². The zero-order chi connectivity index (χ0) is 34.1. The van der Waals surface area contributed by atoms with Gasteiger partial charge in [-0.3, -0.25) is 14.3 Å². The van der Waals surface area contributed by atoms with Gasteiger partial charge < -0.3 is 22.1 Å². The fourth-order valence-corrected chi connectivity index (χ4v) is 6.66. The van der Waals surface area contributed by atoms with Crippen LogP contribution in [0.3, 0.4) is 0 Å². The molecule has 2 amide bonds. The largest absolute Gasteiger partial charge is 0.390 e. The first-order valence-electron chi connectivity index (χ1n) is 14.7. The van der Waals surface area contributed by atoms with E-state index >= 15 is 8.78 Å². The number of rotatable bonds is 9. The lowest BCUT2D eigenvalue weighted by molar-refractivity contribution is -0.123. The molecule has 48 heavy (non-hydrogen) atoms. The van der Waals surface area contributed by atoms with Crippen LogP contribution < -0.4 is 22.1 Å². The van der Waals surface area contributed by atoms with Gasteiger partial charge in [0.05, 0.1) is 18.1 Å². The molecule has 3 heterocycles. The van der Waals surface area contributed by atoms with Crippen LogP contribution in [0.15, 0.2) is 41.4 Å². The van der Waals surface area contributed by atoms with Gasteiger partial charge in [0.25, 0.3) is 24.2 Å². The molecule has 4 aromatic rings. The first kappa shape index (κ1) is 31.1. The lowest BCUT2D eigenvalue weighted by Crippen LogP contribution is -2.35. The van der Waals surface area contributed by atoms with Crippen molar-refractivity contribution in [1.29, 1.82) is 0 Å². The number of nitrogens with one attached hydrogen (secondary N) is 2. The van der Waals surface area contributed by atoms with Gasteiger partial charge in [0.1, 0.15) is 35.4 Å². The van der Waals surface area contributed by atoms with Gasteiger partial charge in [0.2, 0.25) is 5.91 Å². The number of anilines is 1. The van der Waals surface area contributed by atoms with E-state index in [0.29, 0.717) is 34.0 Å². The number of benzene rings is 2. The van der Waals surface area contributed by atoms with Crippen molar-refractivity contribution in [2.24, 2.45) is 16.6 Å². The molecule has 1 aliphatic heterocycles. The van der Waals surface area contributed by atoms with Crippen molar-refractivity contribution in [2.45, 2.75) is 50.2 Å². The highest BCUT2D eigenvalue weighted by atomic mass is 19.3. The third-order valence-corrected chi connectivity index (χ3v) is 8.71. The third-order valence-electron chi connectivity index (χ3n) is 8.71. The van der Waals surface area contributed by atoms with Gasteiger partial charge in [0, 0.05) is 35.2 Å². The Labute approximate surface area is 267 Å². The minimum absolute atomic E-state index is 0.0231. The van der Waals surface area contributed by atoms with Crippen LogP contribution in [0.25, 0.3) is 11.1 Å². The Balaban J connectivity index is 1.32. The topological polar surface area (TPSA) is 166 Å². The number of alkyl halides is 4. The number of nitrogens with zero attached hydrogens (tertiary/aromatic N) is 5. The van der Waals surface area contributed by atoms with E-state index in [1.807, 2.05) is 0 Å². The van der Waals surface area contributed by atoms with Crippen LogP contribution in [0.4, 0.5) is 38.1 Å². The summed E-state index contributed by atoms with van der Waals surface area (Å²) >= 11 is 0. The summed E-state index contributed by atoms with van der Waals surface area (Å²) in [6.45, 7) is -0.590. The van der Waals surface area contributed by atoms with E-state index in [-0.39, 0.29) is 52.9 Å². The van der Waals surface area contributed by atoms with Crippen molar-refractivity contribution in [1.82, 2.24) is 30.4 Å². The quantitative estimate of drug-likeness (QED) is 0.117. The third kappa shape index (κ3) is 5.28. The Kier molecular flexibility index (Phi) is 7.36. The maximum atomic E-state index is 15.2. The first-order valence-corrected chi connectivity index (χ1v) is 14.7.